The molecule has 0 saturated carbocycles. The van der Waals surface area contributed by atoms with Gasteiger partial charge in [0, 0.05) is 0 Å². The molecule has 0 aliphatic carbocycles. The van der Waals surface area contributed by atoms with Gasteiger partial charge in [0.05, 0.1) is 6.61 Å². The quantitative estimate of drug-likeness (QED) is 0.754. The van der Waals surface area contributed by atoms with Gasteiger partial charge in [-0.2, -0.15) is 0 Å². The fourth-order valence-electron chi connectivity index (χ4n) is 1.84. The van der Waals surface area contributed by atoms with Gasteiger partial charge in [0.1, 0.15) is 12.3 Å². The molecule has 108 valence electrons. The lowest BCUT2D eigenvalue weighted by Crippen LogP contribution is -2.28. The maximum atomic E-state index is 6.23. The Kier molecular flexibility index (Phi) is 4.62. The van der Waals surface area contributed by atoms with Crippen molar-refractivity contribution < 1.29 is 13.6 Å². The normalized spacial score (nSPS) is 13.2. The number of aromatic nitrogens is 1. The van der Waals surface area contributed by atoms with Crippen molar-refractivity contribution in [2.75, 3.05) is 6.61 Å². The van der Waals surface area contributed by atoms with Crippen molar-refractivity contribution in [3.05, 3.63) is 48.0 Å². The highest BCUT2D eigenvalue weighted by Gasteiger charge is 2.27. The van der Waals surface area contributed by atoms with Crippen LogP contribution in [0.15, 0.2) is 40.9 Å². The lowest BCUT2D eigenvalue weighted by atomic mass is 10.1. The van der Waals surface area contributed by atoms with Crippen molar-refractivity contribution >= 4 is 8.32 Å². The molecule has 0 fully saturated rings. The zero-order valence-electron chi connectivity index (χ0n) is 12.4. The molecule has 0 amide bonds. The van der Waals surface area contributed by atoms with E-state index in [0.717, 1.165) is 5.56 Å². The third kappa shape index (κ3) is 3.95. The molecular weight excluding hydrogens is 270 g/mol. The first-order valence-electron chi connectivity index (χ1n) is 6.81. The Morgan fingerprint density at radius 3 is 2.50 bits per heavy atom. The second-order valence-electron chi connectivity index (χ2n) is 5.47. The molecule has 2 aromatic rings. The van der Waals surface area contributed by atoms with Gasteiger partial charge < -0.3 is 13.6 Å². The zero-order valence-corrected chi connectivity index (χ0v) is 13.4. The highest BCUT2D eigenvalue weighted by Crippen LogP contribution is 2.30. The smallest absolute Gasteiger partial charge is 0.305 e. The molecule has 0 radical (unpaired) electrons. The monoisotopic (exact) mass is 291 g/mol. The van der Waals surface area contributed by atoms with Gasteiger partial charge in [-0.05, 0) is 32.1 Å². The Labute approximate surface area is 120 Å². The number of hydrogen-bond donors (Lipinski definition) is 0. The number of nitrogens with zero attached hydrogens (tertiary/aromatic N) is 1. The number of ether oxygens (including phenoxy) is 1. The summed E-state index contributed by atoms with van der Waals surface area (Å²) in [5, 5.41) is 0. The standard InChI is InChI=1S/C15H21NO3Si/c1-5-17-13-11-16-15(18-13)14(19-20(2,3)4)12-9-7-6-8-10-12/h6-11,14H,5H2,1-4H3. The van der Waals surface area contributed by atoms with Crippen LogP contribution in [0.25, 0.3) is 0 Å². The lowest BCUT2D eigenvalue weighted by Gasteiger charge is -2.24. The molecule has 1 aromatic carbocycles. The average molecular weight is 291 g/mol. The Morgan fingerprint density at radius 1 is 1.20 bits per heavy atom. The van der Waals surface area contributed by atoms with Gasteiger partial charge in [0.15, 0.2) is 8.32 Å². The second kappa shape index (κ2) is 6.24. The Bertz CT molecular complexity index is 534. The summed E-state index contributed by atoms with van der Waals surface area (Å²) in [5.74, 6) is 0.977. The van der Waals surface area contributed by atoms with Crippen LogP contribution in [-0.4, -0.2) is 19.9 Å². The molecule has 2 rings (SSSR count). The van der Waals surface area contributed by atoms with Crippen LogP contribution in [-0.2, 0) is 4.43 Å². The molecule has 1 atom stereocenters. The summed E-state index contributed by atoms with van der Waals surface area (Å²) in [5.41, 5.74) is 1.04. The van der Waals surface area contributed by atoms with E-state index in [1.165, 1.54) is 0 Å². The first-order chi connectivity index (χ1) is 9.49. The van der Waals surface area contributed by atoms with Gasteiger partial charge in [-0.1, -0.05) is 30.3 Å². The van der Waals surface area contributed by atoms with Gasteiger partial charge in [-0.3, -0.25) is 0 Å². The minimum absolute atomic E-state index is 0.280. The molecule has 0 N–H and O–H groups in total. The van der Waals surface area contributed by atoms with Crippen LogP contribution in [0, 0.1) is 0 Å². The molecular formula is C15H21NO3Si. The van der Waals surface area contributed by atoms with Crippen LogP contribution in [0.5, 0.6) is 5.95 Å². The van der Waals surface area contributed by atoms with Gasteiger partial charge in [-0.25, -0.2) is 4.98 Å². The average Bonchev–Trinajstić information content (AvgIpc) is 2.85. The molecule has 5 heteroatoms. The minimum atomic E-state index is -1.74. The SMILES string of the molecule is CCOc1cnc(C(O[Si](C)(C)C)c2ccccc2)o1. The lowest BCUT2D eigenvalue weighted by molar-refractivity contribution is 0.180. The molecule has 4 nitrogen and oxygen atoms in total. The molecule has 20 heavy (non-hydrogen) atoms. The predicted octanol–water partition coefficient (Wildman–Crippen LogP) is 4.01. The summed E-state index contributed by atoms with van der Waals surface area (Å²) in [4.78, 5) is 4.30. The minimum Gasteiger partial charge on any atom is -0.464 e. The van der Waals surface area contributed by atoms with Crippen molar-refractivity contribution in [1.29, 1.82) is 0 Å². The molecule has 1 unspecified atom stereocenters. The number of oxazole rings is 1. The van der Waals surface area contributed by atoms with E-state index in [2.05, 4.69) is 24.6 Å². The second-order valence-corrected chi connectivity index (χ2v) is 9.93. The fourth-order valence-corrected chi connectivity index (χ4v) is 2.79. The van der Waals surface area contributed by atoms with E-state index in [9.17, 15) is 0 Å². The third-order valence-corrected chi connectivity index (χ3v) is 3.53. The Hall–Kier alpha value is -1.59. The fraction of sp³-hybridized carbons (Fsp3) is 0.400. The Morgan fingerprint density at radius 2 is 1.90 bits per heavy atom. The predicted molar refractivity (Wildman–Crippen MR) is 80.4 cm³/mol. The highest BCUT2D eigenvalue weighted by atomic mass is 28.4. The zero-order chi connectivity index (χ0) is 14.6. The van der Waals surface area contributed by atoms with E-state index in [1.54, 1.807) is 6.20 Å². The van der Waals surface area contributed by atoms with Crippen molar-refractivity contribution in [3.63, 3.8) is 0 Å². The highest BCUT2D eigenvalue weighted by molar-refractivity contribution is 6.69. The van der Waals surface area contributed by atoms with Crippen LogP contribution in [0.2, 0.25) is 19.6 Å². The van der Waals surface area contributed by atoms with Gasteiger partial charge >= 0.3 is 5.95 Å². The maximum absolute atomic E-state index is 6.23. The topological polar surface area (TPSA) is 44.5 Å². The van der Waals surface area contributed by atoms with Crippen molar-refractivity contribution in [2.45, 2.75) is 32.7 Å². The van der Waals surface area contributed by atoms with Gasteiger partial charge in [-0.15, -0.1) is 0 Å². The maximum Gasteiger partial charge on any atom is 0.305 e. The molecule has 0 saturated heterocycles. The summed E-state index contributed by atoms with van der Waals surface area (Å²) in [6, 6.07) is 10.0. The first-order valence-corrected chi connectivity index (χ1v) is 10.2. The van der Waals surface area contributed by atoms with Crippen LogP contribution in [0.3, 0.4) is 0 Å². The molecule has 1 heterocycles. The van der Waals surface area contributed by atoms with E-state index in [0.29, 0.717) is 18.4 Å². The van der Waals surface area contributed by atoms with E-state index >= 15 is 0 Å². The van der Waals surface area contributed by atoms with E-state index in [-0.39, 0.29) is 6.10 Å². The number of hydrogen-bond acceptors (Lipinski definition) is 4. The third-order valence-electron chi connectivity index (χ3n) is 2.59. The summed E-state index contributed by atoms with van der Waals surface area (Å²) in [6.45, 7) is 8.91. The summed E-state index contributed by atoms with van der Waals surface area (Å²) >= 11 is 0. The largest absolute Gasteiger partial charge is 0.464 e. The van der Waals surface area contributed by atoms with Gasteiger partial charge in [0.25, 0.3) is 0 Å². The molecule has 0 aliphatic rings. The summed E-state index contributed by atoms with van der Waals surface area (Å²) in [7, 11) is -1.74. The van der Waals surface area contributed by atoms with E-state index in [1.807, 2.05) is 37.3 Å². The molecule has 0 spiro atoms. The molecule has 0 aliphatic heterocycles. The van der Waals surface area contributed by atoms with Crippen LogP contribution in [0.1, 0.15) is 24.5 Å². The summed E-state index contributed by atoms with van der Waals surface area (Å²) in [6.07, 6.45) is 1.32. The van der Waals surface area contributed by atoms with Crippen LogP contribution in [0.4, 0.5) is 0 Å². The van der Waals surface area contributed by atoms with Crippen molar-refractivity contribution in [3.8, 4) is 5.95 Å². The van der Waals surface area contributed by atoms with Gasteiger partial charge in [0.2, 0.25) is 5.89 Å². The number of rotatable bonds is 6. The Balaban J connectivity index is 2.30. The molecule has 1 aromatic heterocycles. The summed E-state index contributed by atoms with van der Waals surface area (Å²) < 4.78 is 17.2. The van der Waals surface area contributed by atoms with Crippen molar-refractivity contribution in [1.82, 2.24) is 4.98 Å². The molecule has 0 bridgehead atoms. The van der Waals surface area contributed by atoms with Crippen LogP contribution >= 0.6 is 0 Å². The van der Waals surface area contributed by atoms with Crippen molar-refractivity contribution in [2.24, 2.45) is 0 Å². The van der Waals surface area contributed by atoms with E-state index < -0.39 is 8.32 Å². The van der Waals surface area contributed by atoms with E-state index in [4.69, 9.17) is 13.6 Å². The first kappa shape index (κ1) is 14.8. The van der Waals surface area contributed by atoms with Crippen LogP contribution < -0.4 is 4.74 Å². The number of benzene rings is 1.